The second-order valence-electron chi connectivity index (χ2n) is 3.22. The Kier molecular flexibility index (Phi) is 3.30. The topological polar surface area (TPSA) is 94.4 Å². The SMILES string of the molecule is COc1cc(-c2noc(CN)n2)c(O)cc1Br. The quantitative estimate of drug-likeness (QED) is 0.895. The van der Waals surface area contributed by atoms with E-state index in [0.717, 1.165) is 0 Å². The number of phenolic OH excluding ortho intramolecular Hbond substituents is 1. The van der Waals surface area contributed by atoms with Gasteiger partial charge in [-0.05, 0) is 28.1 Å². The van der Waals surface area contributed by atoms with Crippen molar-refractivity contribution in [3.8, 4) is 22.9 Å². The van der Waals surface area contributed by atoms with Crippen LogP contribution in [0.3, 0.4) is 0 Å². The van der Waals surface area contributed by atoms with Crippen molar-refractivity contribution >= 4 is 15.9 Å². The molecule has 1 aromatic carbocycles. The van der Waals surface area contributed by atoms with Crippen LogP contribution in [0.1, 0.15) is 5.89 Å². The van der Waals surface area contributed by atoms with Crippen molar-refractivity contribution in [3.05, 3.63) is 22.5 Å². The number of halogens is 1. The highest BCUT2D eigenvalue weighted by Crippen LogP contribution is 2.36. The zero-order valence-corrected chi connectivity index (χ0v) is 10.6. The fourth-order valence-corrected chi connectivity index (χ4v) is 1.82. The molecule has 0 spiro atoms. The molecule has 0 aliphatic carbocycles. The van der Waals surface area contributed by atoms with Crippen LogP contribution in [0.5, 0.6) is 11.5 Å². The number of nitrogens with two attached hydrogens (primary N) is 1. The van der Waals surface area contributed by atoms with Crippen LogP contribution < -0.4 is 10.5 Å². The molecule has 0 fully saturated rings. The third kappa shape index (κ3) is 2.25. The Hall–Kier alpha value is -1.60. The van der Waals surface area contributed by atoms with Crippen LogP contribution in [-0.2, 0) is 6.54 Å². The number of methoxy groups -OCH3 is 1. The molecule has 0 amide bonds. The average Bonchev–Trinajstić information content (AvgIpc) is 2.78. The molecule has 0 aliphatic heterocycles. The minimum Gasteiger partial charge on any atom is -0.507 e. The fraction of sp³-hybridized carbons (Fsp3) is 0.200. The molecule has 90 valence electrons. The molecule has 0 unspecified atom stereocenters. The van der Waals surface area contributed by atoms with Crippen LogP contribution in [0.25, 0.3) is 11.4 Å². The molecule has 0 atom stereocenters. The normalized spacial score (nSPS) is 10.5. The Balaban J connectivity index is 2.50. The molecule has 0 saturated heterocycles. The fourth-order valence-electron chi connectivity index (χ4n) is 1.33. The first-order valence-corrected chi connectivity index (χ1v) is 5.54. The Morgan fingerprint density at radius 3 is 2.88 bits per heavy atom. The Labute approximate surface area is 106 Å². The molecular weight excluding hydrogens is 290 g/mol. The van der Waals surface area contributed by atoms with Crippen LogP contribution >= 0.6 is 15.9 Å². The largest absolute Gasteiger partial charge is 0.507 e. The number of hydrogen-bond donors (Lipinski definition) is 2. The number of aromatic nitrogens is 2. The molecule has 17 heavy (non-hydrogen) atoms. The molecule has 6 nitrogen and oxygen atoms in total. The van der Waals surface area contributed by atoms with Crippen LogP contribution in [0.15, 0.2) is 21.1 Å². The van der Waals surface area contributed by atoms with Crippen molar-refractivity contribution in [1.82, 2.24) is 10.1 Å². The number of aromatic hydroxyl groups is 1. The number of phenols is 1. The third-order valence-corrected chi connectivity index (χ3v) is 2.77. The van der Waals surface area contributed by atoms with Gasteiger partial charge in [0.25, 0.3) is 0 Å². The van der Waals surface area contributed by atoms with Gasteiger partial charge in [0, 0.05) is 0 Å². The Bertz CT molecular complexity index is 542. The van der Waals surface area contributed by atoms with Gasteiger partial charge in [0.2, 0.25) is 11.7 Å². The molecule has 1 heterocycles. The average molecular weight is 300 g/mol. The van der Waals surface area contributed by atoms with E-state index in [-0.39, 0.29) is 18.1 Å². The van der Waals surface area contributed by atoms with Gasteiger partial charge in [0.15, 0.2) is 0 Å². The lowest BCUT2D eigenvalue weighted by Gasteiger charge is -2.06. The summed E-state index contributed by atoms with van der Waals surface area (Å²) in [6.45, 7) is 0.154. The molecule has 1 aromatic heterocycles. The first-order valence-electron chi connectivity index (χ1n) is 4.75. The number of hydrogen-bond acceptors (Lipinski definition) is 6. The van der Waals surface area contributed by atoms with Gasteiger partial charge in [-0.15, -0.1) is 0 Å². The van der Waals surface area contributed by atoms with Gasteiger partial charge in [-0.2, -0.15) is 4.98 Å². The monoisotopic (exact) mass is 299 g/mol. The number of rotatable bonds is 3. The van der Waals surface area contributed by atoms with E-state index >= 15 is 0 Å². The highest BCUT2D eigenvalue weighted by molar-refractivity contribution is 9.10. The van der Waals surface area contributed by atoms with Gasteiger partial charge in [0.05, 0.1) is 23.7 Å². The summed E-state index contributed by atoms with van der Waals surface area (Å²) in [5, 5.41) is 13.5. The molecule has 2 aromatic rings. The van der Waals surface area contributed by atoms with Crippen LogP contribution in [0.4, 0.5) is 0 Å². The summed E-state index contributed by atoms with van der Waals surface area (Å²) in [6, 6.07) is 3.12. The van der Waals surface area contributed by atoms with Gasteiger partial charge in [-0.1, -0.05) is 5.16 Å². The first kappa shape index (κ1) is 11.9. The Morgan fingerprint density at radius 1 is 1.53 bits per heavy atom. The molecule has 0 radical (unpaired) electrons. The molecule has 3 N–H and O–H groups in total. The van der Waals surface area contributed by atoms with Crippen LogP contribution in [0, 0.1) is 0 Å². The molecule has 0 saturated carbocycles. The lowest BCUT2D eigenvalue weighted by molar-refractivity contribution is 0.380. The minimum atomic E-state index is 0.0297. The van der Waals surface area contributed by atoms with Crippen molar-refractivity contribution < 1.29 is 14.4 Å². The second-order valence-corrected chi connectivity index (χ2v) is 4.07. The van der Waals surface area contributed by atoms with E-state index in [4.69, 9.17) is 15.0 Å². The smallest absolute Gasteiger partial charge is 0.240 e. The first-order chi connectivity index (χ1) is 8.15. The maximum Gasteiger partial charge on any atom is 0.240 e. The van der Waals surface area contributed by atoms with Crippen molar-refractivity contribution in [1.29, 1.82) is 0 Å². The summed E-state index contributed by atoms with van der Waals surface area (Å²) >= 11 is 3.26. The summed E-state index contributed by atoms with van der Waals surface area (Å²) in [4.78, 5) is 4.03. The van der Waals surface area contributed by atoms with Gasteiger partial charge in [-0.25, -0.2) is 0 Å². The van der Waals surface area contributed by atoms with Crippen molar-refractivity contribution in [2.45, 2.75) is 6.54 Å². The summed E-state index contributed by atoms with van der Waals surface area (Å²) in [5.41, 5.74) is 5.79. The highest BCUT2D eigenvalue weighted by Gasteiger charge is 2.15. The van der Waals surface area contributed by atoms with Gasteiger partial charge < -0.3 is 20.1 Å². The molecule has 2 rings (SSSR count). The lowest BCUT2D eigenvalue weighted by atomic mass is 10.2. The van der Waals surface area contributed by atoms with E-state index < -0.39 is 0 Å². The lowest BCUT2D eigenvalue weighted by Crippen LogP contribution is -1.95. The molecule has 0 aliphatic rings. The van der Waals surface area contributed by atoms with Crippen LogP contribution in [-0.4, -0.2) is 22.4 Å². The van der Waals surface area contributed by atoms with E-state index in [1.54, 1.807) is 6.07 Å². The third-order valence-electron chi connectivity index (χ3n) is 2.15. The van der Waals surface area contributed by atoms with Gasteiger partial charge in [-0.3, -0.25) is 0 Å². The zero-order valence-electron chi connectivity index (χ0n) is 8.98. The molecule has 0 bridgehead atoms. The van der Waals surface area contributed by atoms with E-state index in [0.29, 0.717) is 21.7 Å². The number of ether oxygens (including phenoxy) is 1. The number of benzene rings is 1. The predicted molar refractivity (Wildman–Crippen MR) is 63.5 cm³/mol. The van der Waals surface area contributed by atoms with E-state index in [9.17, 15) is 5.11 Å². The Morgan fingerprint density at radius 2 is 2.29 bits per heavy atom. The maximum absolute atomic E-state index is 9.81. The minimum absolute atomic E-state index is 0.0297. The summed E-state index contributed by atoms with van der Waals surface area (Å²) in [6.07, 6.45) is 0. The van der Waals surface area contributed by atoms with E-state index in [1.807, 2.05) is 0 Å². The van der Waals surface area contributed by atoms with Gasteiger partial charge in [0.1, 0.15) is 11.5 Å². The van der Waals surface area contributed by atoms with Crippen molar-refractivity contribution in [2.24, 2.45) is 5.73 Å². The highest BCUT2D eigenvalue weighted by atomic mass is 79.9. The summed E-state index contributed by atoms with van der Waals surface area (Å²) in [5.74, 6) is 1.17. The predicted octanol–water partition coefficient (Wildman–Crippen LogP) is 1.67. The standard InChI is InChI=1S/C10H10BrN3O3/c1-16-8-2-5(7(15)3-6(8)11)10-13-9(4-12)17-14-10/h2-3,15H,4,12H2,1H3. The zero-order chi connectivity index (χ0) is 12.4. The number of nitrogens with zero attached hydrogens (tertiary/aromatic N) is 2. The van der Waals surface area contributed by atoms with Crippen LogP contribution in [0.2, 0.25) is 0 Å². The van der Waals surface area contributed by atoms with E-state index in [1.165, 1.54) is 13.2 Å². The summed E-state index contributed by atoms with van der Waals surface area (Å²) in [7, 11) is 1.53. The summed E-state index contributed by atoms with van der Waals surface area (Å²) < 4.78 is 10.6. The molecule has 7 heteroatoms. The van der Waals surface area contributed by atoms with E-state index in [2.05, 4.69) is 26.1 Å². The maximum atomic E-state index is 9.81. The second kappa shape index (κ2) is 4.72. The van der Waals surface area contributed by atoms with Crippen molar-refractivity contribution in [2.75, 3.05) is 7.11 Å². The van der Waals surface area contributed by atoms with Gasteiger partial charge >= 0.3 is 0 Å². The van der Waals surface area contributed by atoms with Crippen molar-refractivity contribution in [3.63, 3.8) is 0 Å². The molecular formula is C10H10BrN3O3.